The number of ether oxygens (including phenoxy) is 5. The standard InChI is InChI=1S/C48H55NO13/c1-27-33(60-45(57)39(53)38(30-17-11-8-12-18-30)49-43(55)31-19-13-9-14-20-31)23-24-34(61-44(56)32-21-15-10-16-22-32)41-47(7,35(52)25-36-48(41,26-58-36)62-29(3)51)42(54)40(59-28(2)50)37(27)46(4,5)6/h8-22,33-36,38-41,52-53H,23-26H2,1-7H3,(H,49,55)/b37-27-/t33-,34+,35-,36+,38?,39+,40+,41-,47+,48-/m0/s1. The van der Waals surface area contributed by atoms with Crippen LogP contribution in [0, 0.1) is 16.7 Å². The lowest BCUT2D eigenvalue weighted by Gasteiger charge is -2.63. The fraction of sp³-hybridized carbons (Fsp3) is 0.458. The van der Waals surface area contributed by atoms with Crippen LogP contribution in [0.5, 0.6) is 0 Å². The number of Topliss-reactive ketones (excluding diaryl/α,β-unsaturated/α-hetero) is 1. The van der Waals surface area contributed by atoms with E-state index in [1.165, 1.54) is 13.8 Å². The van der Waals surface area contributed by atoms with Crippen LogP contribution >= 0.6 is 0 Å². The molecule has 0 spiro atoms. The Morgan fingerprint density at radius 3 is 1.94 bits per heavy atom. The van der Waals surface area contributed by atoms with Crippen LogP contribution in [-0.4, -0.2) is 94.6 Å². The number of carbonyl (C=O) groups is 6. The third kappa shape index (κ3) is 9.09. The predicted molar refractivity (Wildman–Crippen MR) is 223 cm³/mol. The molecule has 3 aromatic carbocycles. The van der Waals surface area contributed by atoms with Gasteiger partial charge in [0, 0.05) is 25.8 Å². The molecule has 0 bridgehead atoms. The van der Waals surface area contributed by atoms with Gasteiger partial charge in [-0.05, 0) is 73.1 Å². The highest BCUT2D eigenvalue weighted by Gasteiger charge is 2.73. The van der Waals surface area contributed by atoms with Crippen molar-refractivity contribution in [3.63, 3.8) is 0 Å². The molecule has 1 unspecified atom stereocenters. The summed E-state index contributed by atoms with van der Waals surface area (Å²) in [6, 6.07) is 23.5. The van der Waals surface area contributed by atoms with Crippen LogP contribution < -0.4 is 5.32 Å². The molecule has 1 saturated carbocycles. The number of aliphatic hydroxyl groups excluding tert-OH is 2. The van der Waals surface area contributed by atoms with Gasteiger partial charge in [0.1, 0.15) is 18.3 Å². The molecule has 0 radical (unpaired) electrons. The van der Waals surface area contributed by atoms with Crippen LogP contribution in [0.25, 0.3) is 0 Å². The minimum absolute atomic E-state index is 0.103. The highest BCUT2D eigenvalue weighted by molar-refractivity contribution is 5.96. The van der Waals surface area contributed by atoms with Crippen molar-refractivity contribution >= 4 is 35.6 Å². The van der Waals surface area contributed by atoms with Crippen LogP contribution in [-0.2, 0) is 42.9 Å². The highest BCUT2D eigenvalue weighted by Crippen LogP contribution is 2.58. The molecule has 2 aliphatic carbocycles. The zero-order valence-corrected chi connectivity index (χ0v) is 36.0. The minimum atomic E-state index is -1.96. The van der Waals surface area contributed by atoms with Crippen molar-refractivity contribution in [2.75, 3.05) is 6.61 Å². The SMILES string of the molecule is CC(=O)O[C@H]1C(=O)[C@@]2(C)[C@H]([C@H](OC(=O)c3ccccc3)CC[C@H](OC(=O)[C@H](O)C(NC(=O)c3ccccc3)c3ccccc3)/C(C)=C/1C(C)(C)C)[C@]1(OC(C)=O)CO[C@@H]1C[C@@H]2O. The molecule has 3 aliphatic rings. The number of fused-ring (bicyclic) bond motifs is 3. The first-order valence-corrected chi connectivity index (χ1v) is 20.8. The molecule has 1 heterocycles. The summed E-state index contributed by atoms with van der Waals surface area (Å²) in [5.74, 6) is -6.03. The van der Waals surface area contributed by atoms with Gasteiger partial charge >= 0.3 is 23.9 Å². The monoisotopic (exact) mass is 853 g/mol. The van der Waals surface area contributed by atoms with Crippen LogP contribution in [0.15, 0.2) is 102 Å². The van der Waals surface area contributed by atoms with Crippen molar-refractivity contribution < 1.29 is 62.7 Å². The maximum absolute atomic E-state index is 15.6. The molecule has 330 valence electrons. The first-order valence-electron chi connectivity index (χ1n) is 20.8. The van der Waals surface area contributed by atoms with Gasteiger partial charge in [-0.2, -0.15) is 0 Å². The number of aliphatic hydroxyl groups is 2. The average Bonchev–Trinajstić information content (AvgIpc) is 3.23. The van der Waals surface area contributed by atoms with Gasteiger partial charge in [0.25, 0.3) is 5.91 Å². The molecule has 10 atom stereocenters. The van der Waals surface area contributed by atoms with Crippen LogP contribution in [0.2, 0.25) is 0 Å². The van der Waals surface area contributed by atoms with Crippen LogP contribution in [0.1, 0.15) is 100 Å². The summed E-state index contributed by atoms with van der Waals surface area (Å²) >= 11 is 0. The normalized spacial score (nSPS) is 29.5. The first kappa shape index (κ1) is 45.8. The summed E-state index contributed by atoms with van der Waals surface area (Å²) < 4.78 is 30.5. The molecule has 14 nitrogen and oxygen atoms in total. The second-order valence-corrected chi connectivity index (χ2v) is 17.5. The summed E-state index contributed by atoms with van der Waals surface area (Å²) in [5, 5.41) is 26.7. The molecule has 1 saturated heterocycles. The van der Waals surface area contributed by atoms with E-state index in [1.807, 2.05) is 0 Å². The topological polar surface area (TPSA) is 201 Å². The van der Waals surface area contributed by atoms with E-state index in [2.05, 4.69) is 5.32 Å². The Labute approximate surface area is 360 Å². The van der Waals surface area contributed by atoms with Crippen LogP contribution in [0.4, 0.5) is 0 Å². The Balaban J connectivity index is 1.50. The number of hydrogen-bond donors (Lipinski definition) is 3. The highest BCUT2D eigenvalue weighted by atomic mass is 16.6. The largest absolute Gasteiger partial charge is 0.458 e. The van der Waals surface area contributed by atoms with Gasteiger partial charge in [-0.3, -0.25) is 19.2 Å². The maximum Gasteiger partial charge on any atom is 0.338 e. The summed E-state index contributed by atoms with van der Waals surface area (Å²) in [5.41, 5.74) is -2.99. The second kappa shape index (κ2) is 18.3. The Hall–Kier alpha value is -5.70. The quantitative estimate of drug-likeness (QED) is 0.133. The predicted octanol–water partition coefficient (Wildman–Crippen LogP) is 5.40. The fourth-order valence-corrected chi connectivity index (χ4v) is 9.50. The van der Waals surface area contributed by atoms with Gasteiger partial charge in [-0.1, -0.05) is 87.5 Å². The van der Waals surface area contributed by atoms with Gasteiger partial charge in [-0.25, -0.2) is 9.59 Å². The summed E-state index contributed by atoms with van der Waals surface area (Å²) in [7, 11) is 0. The molecule has 3 N–H and O–H groups in total. The van der Waals surface area contributed by atoms with Crippen molar-refractivity contribution in [1.29, 1.82) is 0 Å². The molecule has 1 aliphatic heterocycles. The number of rotatable bonds is 10. The smallest absolute Gasteiger partial charge is 0.338 e. The van der Waals surface area contributed by atoms with Crippen LogP contribution in [0.3, 0.4) is 0 Å². The molecule has 0 aromatic heterocycles. The Morgan fingerprint density at radius 2 is 1.40 bits per heavy atom. The van der Waals surface area contributed by atoms with Gasteiger partial charge in [0.2, 0.25) is 0 Å². The molecule has 14 heteroatoms. The number of hydrogen-bond acceptors (Lipinski definition) is 13. The van der Waals surface area contributed by atoms with E-state index in [4.69, 9.17) is 23.7 Å². The number of ketones is 1. The Morgan fingerprint density at radius 1 is 0.823 bits per heavy atom. The Bertz CT molecular complexity index is 2190. The summed E-state index contributed by atoms with van der Waals surface area (Å²) in [4.78, 5) is 83.4. The van der Waals surface area contributed by atoms with E-state index in [0.717, 1.165) is 6.92 Å². The molecule has 2 fully saturated rings. The number of carbonyl (C=O) groups excluding carboxylic acids is 6. The fourth-order valence-electron chi connectivity index (χ4n) is 9.50. The van der Waals surface area contributed by atoms with Gasteiger partial charge in [0.15, 0.2) is 23.6 Å². The molecule has 6 rings (SSSR count). The van der Waals surface area contributed by atoms with E-state index < -0.39 is 101 Å². The lowest BCUT2D eigenvalue weighted by molar-refractivity contribution is -0.330. The van der Waals surface area contributed by atoms with E-state index in [1.54, 1.807) is 119 Å². The van der Waals surface area contributed by atoms with Crippen molar-refractivity contribution in [2.45, 2.75) is 116 Å². The number of benzene rings is 3. The third-order valence-corrected chi connectivity index (χ3v) is 12.4. The van der Waals surface area contributed by atoms with Gasteiger partial charge in [-0.15, -0.1) is 0 Å². The van der Waals surface area contributed by atoms with Gasteiger partial charge in [0.05, 0.1) is 35.6 Å². The average molecular weight is 854 g/mol. The minimum Gasteiger partial charge on any atom is -0.458 e. The number of nitrogens with one attached hydrogen (secondary N) is 1. The molecule has 1 amide bonds. The number of amides is 1. The summed E-state index contributed by atoms with van der Waals surface area (Å²) in [6.45, 7) is 10.6. The first-order chi connectivity index (χ1) is 29.3. The lowest BCUT2D eigenvalue weighted by atomic mass is 9.51. The summed E-state index contributed by atoms with van der Waals surface area (Å²) in [6.07, 6.45) is -8.93. The maximum atomic E-state index is 15.6. The zero-order chi connectivity index (χ0) is 45.1. The van der Waals surface area contributed by atoms with Crippen molar-refractivity contribution in [3.8, 4) is 0 Å². The van der Waals surface area contributed by atoms with E-state index >= 15 is 4.79 Å². The zero-order valence-electron chi connectivity index (χ0n) is 36.0. The molecular formula is C48H55NO13. The van der Waals surface area contributed by atoms with E-state index in [-0.39, 0.29) is 42.6 Å². The molecule has 62 heavy (non-hydrogen) atoms. The second-order valence-electron chi connectivity index (χ2n) is 17.5. The van der Waals surface area contributed by atoms with E-state index in [9.17, 15) is 34.2 Å². The van der Waals surface area contributed by atoms with E-state index in [0.29, 0.717) is 11.1 Å². The van der Waals surface area contributed by atoms with Crippen molar-refractivity contribution in [2.24, 2.45) is 16.7 Å². The molecular weight excluding hydrogens is 799 g/mol. The third-order valence-electron chi connectivity index (χ3n) is 12.4. The number of esters is 4. The van der Waals surface area contributed by atoms with Gasteiger partial charge < -0.3 is 39.2 Å². The van der Waals surface area contributed by atoms with Crippen molar-refractivity contribution in [3.05, 3.63) is 119 Å². The lowest BCUT2D eigenvalue weighted by Crippen LogP contribution is -2.77. The molecule has 3 aromatic rings. The Kier molecular flexibility index (Phi) is 13.6. The van der Waals surface area contributed by atoms with Crippen molar-refractivity contribution in [1.82, 2.24) is 5.32 Å².